The molecule has 5 aromatic rings. The van der Waals surface area contributed by atoms with Gasteiger partial charge in [-0.05, 0) is 100 Å². The van der Waals surface area contributed by atoms with Crippen molar-refractivity contribution in [3.63, 3.8) is 0 Å². The molecule has 0 radical (unpaired) electrons. The predicted molar refractivity (Wildman–Crippen MR) is 144 cm³/mol. The molecule has 3 aromatic carbocycles. The summed E-state index contributed by atoms with van der Waals surface area (Å²) < 4.78 is 13.1. The fourth-order valence-electron chi connectivity index (χ4n) is 4.30. The van der Waals surface area contributed by atoms with E-state index in [-0.39, 0.29) is 0 Å². The molecule has 0 spiro atoms. The van der Waals surface area contributed by atoms with Crippen molar-refractivity contribution in [1.82, 2.24) is 15.0 Å². The third-order valence-electron chi connectivity index (χ3n) is 6.24. The van der Waals surface area contributed by atoms with Gasteiger partial charge < -0.3 is 14.5 Å². The number of nitrogens with one attached hydrogen (secondary N) is 1. The number of aromatic amines is 1. The minimum atomic E-state index is -0.393. The molecule has 6 nitrogen and oxygen atoms in total. The average Bonchev–Trinajstić information content (AvgIpc) is 3.59. The molecule has 1 aliphatic rings. The number of esters is 1. The van der Waals surface area contributed by atoms with E-state index in [9.17, 15) is 4.79 Å². The van der Waals surface area contributed by atoms with Crippen molar-refractivity contribution in [3.8, 4) is 17.1 Å². The molecule has 0 saturated heterocycles. The van der Waals surface area contributed by atoms with Crippen molar-refractivity contribution in [2.24, 2.45) is 5.92 Å². The van der Waals surface area contributed by atoms with Crippen LogP contribution in [-0.4, -0.2) is 34.1 Å². The first-order valence-corrected chi connectivity index (χ1v) is 13.1. The lowest BCUT2D eigenvalue weighted by Gasteiger charge is -2.11. The zero-order chi connectivity index (χ0) is 24.1. The summed E-state index contributed by atoms with van der Waals surface area (Å²) in [4.78, 5) is 25.7. The van der Waals surface area contributed by atoms with E-state index >= 15 is 0 Å². The van der Waals surface area contributed by atoms with Crippen LogP contribution < -0.4 is 4.74 Å². The fraction of sp³-hybridized carbons (Fsp3) is 0.222. The predicted octanol–water partition coefficient (Wildman–Crippen LogP) is 7.42. The number of aromatic nitrogens is 3. The van der Waals surface area contributed by atoms with Crippen molar-refractivity contribution in [1.29, 1.82) is 0 Å². The van der Waals surface area contributed by atoms with Gasteiger partial charge in [-0.1, -0.05) is 6.07 Å². The highest BCUT2D eigenvalue weighted by molar-refractivity contribution is 9.11. The van der Waals surface area contributed by atoms with Gasteiger partial charge in [0.2, 0.25) is 0 Å². The van der Waals surface area contributed by atoms with Gasteiger partial charge in [0.25, 0.3) is 0 Å². The van der Waals surface area contributed by atoms with Crippen LogP contribution in [0.15, 0.2) is 57.5 Å². The fourth-order valence-corrected chi connectivity index (χ4v) is 5.65. The number of ether oxygens (including phenoxy) is 2. The van der Waals surface area contributed by atoms with E-state index in [1.54, 1.807) is 13.0 Å². The van der Waals surface area contributed by atoms with Crippen LogP contribution in [0.3, 0.4) is 0 Å². The van der Waals surface area contributed by atoms with E-state index in [0.29, 0.717) is 24.0 Å². The smallest absolute Gasteiger partial charge is 0.354 e. The average molecular weight is 595 g/mol. The van der Waals surface area contributed by atoms with E-state index in [4.69, 9.17) is 19.4 Å². The van der Waals surface area contributed by atoms with Crippen LogP contribution in [0.2, 0.25) is 0 Å². The van der Waals surface area contributed by atoms with Gasteiger partial charge in [-0.3, -0.25) is 0 Å². The Morgan fingerprint density at radius 3 is 2.43 bits per heavy atom. The Morgan fingerprint density at radius 2 is 1.71 bits per heavy atom. The van der Waals surface area contributed by atoms with E-state index in [1.807, 2.05) is 42.5 Å². The van der Waals surface area contributed by atoms with E-state index < -0.39 is 5.97 Å². The highest BCUT2D eigenvalue weighted by atomic mass is 79.9. The van der Waals surface area contributed by atoms with Crippen molar-refractivity contribution in [2.75, 3.05) is 13.2 Å². The number of hydrogen-bond donors (Lipinski definition) is 1. The number of pyridine rings is 1. The summed E-state index contributed by atoms with van der Waals surface area (Å²) in [6, 6.07) is 15.6. The number of fused-ring (bicyclic) bond motifs is 6. The summed E-state index contributed by atoms with van der Waals surface area (Å²) in [5.74, 6) is 1.68. The van der Waals surface area contributed by atoms with Crippen LogP contribution in [0.5, 0.6) is 5.75 Å². The number of H-pyrrole nitrogens is 1. The molecule has 6 rings (SSSR count). The minimum Gasteiger partial charge on any atom is -0.493 e. The number of hydrogen-bond acceptors (Lipinski definition) is 5. The van der Waals surface area contributed by atoms with Gasteiger partial charge in [0.1, 0.15) is 17.0 Å². The van der Waals surface area contributed by atoms with Crippen molar-refractivity contribution < 1.29 is 14.3 Å². The summed E-state index contributed by atoms with van der Waals surface area (Å²) in [5, 5.41) is 2.73. The number of imidazole rings is 1. The summed E-state index contributed by atoms with van der Waals surface area (Å²) in [6.07, 6.45) is 2.45. The van der Waals surface area contributed by atoms with E-state index in [1.165, 1.54) is 12.8 Å². The lowest BCUT2D eigenvalue weighted by molar-refractivity contribution is 0.0520. The van der Waals surface area contributed by atoms with Crippen LogP contribution in [0.4, 0.5) is 0 Å². The second-order valence-corrected chi connectivity index (χ2v) is 10.4. The number of nitrogens with zero attached hydrogens (tertiary/aromatic N) is 2. The SMILES string of the molecule is CCOC(=O)c1ccc2c3nc(-c4c(Br)cccc4Br)nc3c3ccc(OCC4CC4)cc3c2[nH]1. The second-order valence-electron chi connectivity index (χ2n) is 8.68. The molecule has 176 valence electrons. The molecular weight excluding hydrogens is 574 g/mol. The van der Waals surface area contributed by atoms with Gasteiger partial charge in [0.15, 0.2) is 5.82 Å². The maximum absolute atomic E-state index is 12.5. The van der Waals surface area contributed by atoms with Gasteiger partial charge in [0.05, 0.1) is 24.2 Å². The first kappa shape index (κ1) is 22.5. The lowest BCUT2D eigenvalue weighted by Crippen LogP contribution is -2.07. The summed E-state index contributed by atoms with van der Waals surface area (Å²) in [5.41, 5.74) is 3.64. The molecule has 1 fully saturated rings. The maximum atomic E-state index is 12.5. The Morgan fingerprint density at radius 1 is 1.00 bits per heavy atom. The zero-order valence-corrected chi connectivity index (χ0v) is 22.1. The Bertz CT molecular complexity index is 1610. The summed E-state index contributed by atoms with van der Waals surface area (Å²) in [7, 11) is 0. The molecule has 35 heavy (non-hydrogen) atoms. The van der Waals surface area contributed by atoms with Crippen LogP contribution in [-0.2, 0) is 4.74 Å². The third kappa shape index (κ3) is 4.08. The second kappa shape index (κ2) is 8.91. The summed E-state index contributed by atoms with van der Waals surface area (Å²) >= 11 is 7.28. The van der Waals surface area contributed by atoms with Crippen molar-refractivity contribution >= 4 is 70.5 Å². The van der Waals surface area contributed by atoms with Gasteiger partial charge in [-0.2, -0.15) is 0 Å². The van der Waals surface area contributed by atoms with Crippen molar-refractivity contribution in [2.45, 2.75) is 19.8 Å². The van der Waals surface area contributed by atoms with Gasteiger partial charge in [0, 0.05) is 30.7 Å². The molecule has 0 atom stereocenters. The van der Waals surface area contributed by atoms with Gasteiger partial charge in [-0.25, -0.2) is 14.8 Å². The molecule has 0 amide bonds. The summed E-state index contributed by atoms with van der Waals surface area (Å²) in [6.45, 7) is 2.82. The first-order chi connectivity index (χ1) is 17.0. The molecular formula is C27H21Br2N3O3. The lowest BCUT2D eigenvalue weighted by atomic mass is 10.0. The molecule has 1 aliphatic carbocycles. The molecule has 2 heterocycles. The molecule has 0 aliphatic heterocycles. The molecule has 0 unspecified atom stereocenters. The van der Waals surface area contributed by atoms with E-state index in [0.717, 1.165) is 59.6 Å². The minimum absolute atomic E-state index is 0.308. The number of halogens is 2. The number of rotatable bonds is 6. The Balaban J connectivity index is 1.62. The number of carbonyl (C=O) groups is 1. The largest absolute Gasteiger partial charge is 0.493 e. The Kier molecular flexibility index (Phi) is 5.73. The van der Waals surface area contributed by atoms with Crippen LogP contribution in [0.1, 0.15) is 30.3 Å². The molecule has 1 N–H and O–H groups in total. The highest BCUT2D eigenvalue weighted by Gasteiger charge is 2.23. The molecule has 1 saturated carbocycles. The monoisotopic (exact) mass is 593 g/mol. The normalized spacial score (nSPS) is 13.6. The van der Waals surface area contributed by atoms with Crippen molar-refractivity contribution in [3.05, 3.63) is 63.2 Å². The van der Waals surface area contributed by atoms with Crippen LogP contribution in [0.25, 0.3) is 44.1 Å². The Hall–Kier alpha value is -2.97. The third-order valence-corrected chi connectivity index (χ3v) is 7.56. The molecule has 2 aromatic heterocycles. The number of carbonyl (C=O) groups excluding carboxylic acids is 1. The quantitative estimate of drug-likeness (QED) is 0.163. The van der Waals surface area contributed by atoms with Crippen LogP contribution in [0, 0.1) is 5.92 Å². The first-order valence-electron chi connectivity index (χ1n) is 11.5. The highest BCUT2D eigenvalue weighted by Crippen LogP contribution is 2.39. The number of benzene rings is 3. The van der Waals surface area contributed by atoms with Crippen LogP contribution >= 0.6 is 31.9 Å². The van der Waals surface area contributed by atoms with Gasteiger partial charge >= 0.3 is 5.97 Å². The molecule has 0 bridgehead atoms. The topological polar surface area (TPSA) is 77.1 Å². The Labute approximate surface area is 218 Å². The van der Waals surface area contributed by atoms with E-state index in [2.05, 4.69) is 36.8 Å². The standard InChI is InChI=1S/C27H21Br2N3O3/c1-2-34-27(33)21-11-10-17-23(30-21)18-12-15(35-13-14-6-7-14)8-9-16(18)24-25(17)32-26(31-24)22-19(28)4-3-5-20(22)29/h3-5,8-12,14,30H,2,6-7,13H2,1H3. The molecule has 8 heteroatoms. The zero-order valence-electron chi connectivity index (χ0n) is 18.9. The maximum Gasteiger partial charge on any atom is 0.354 e. The van der Waals surface area contributed by atoms with Gasteiger partial charge in [-0.15, -0.1) is 0 Å².